The maximum atomic E-state index is 12.1. The summed E-state index contributed by atoms with van der Waals surface area (Å²) >= 11 is 0. The molecule has 0 spiro atoms. The molecule has 3 atom stereocenters. The molecule has 1 aliphatic heterocycles. The molecule has 0 aromatic rings. The summed E-state index contributed by atoms with van der Waals surface area (Å²) in [4.78, 5) is 14.3. The van der Waals surface area contributed by atoms with Crippen LogP contribution in [0.5, 0.6) is 0 Å². The van der Waals surface area contributed by atoms with Crippen LogP contribution in [0.3, 0.4) is 0 Å². The van der Waals surface area contributed by atoms with E-state index in [0.29, 0.717) is 19.6 Å². The van der Waals surface area contributed by atoms with E-state index in [-0.39, 0.29) is 23.3 Å². The van der Waals surface area contributed by atoms with Crippen molar-refractivity contribution in [3.05, 3.63) is 0 Å². The molecule has 7 heteroatoms. The van der Waals surface area contributed by atoms with Gasteiger partial charge in [0.15, 0.2) is 0 Å². The number of ether oxygens (including phenoxy) is 1. The molecule has 0 aromatic carbocycles. The number of nitrogens with zero attached hydrogens (tertiary/aromatic N) is 1. The van der Waals surface area contributed by atoms with Crippen molar-refractivity contribution in [3.8, 4) is 0 Å². The highest BCUT2D eigenvalue weighted by Crippen LogP contribution is 2.29. The van der Waals surface area contributed by atoms with Gasteiger partial charge in [0.25, 0.3) is 0 Å². The average molecular weight is 318 g/mol. The first kappa shape index (κ1) is 16.7. The number of esters is 1. The van der Waals surface area contributed by atoms with Crippen LogP contribution < -0.4 is 5.32 Å². The van der Waals surface area contributed by atoms with Crippen LogP contribution in [0.2, 0.25) is 0 Å². The Bertz CT molecular complexity index is 466. The Balaban J connectivity index is 2.08. The number of hydrogen-bond donors (Lipinski definition) is 1. The first-order valence-corrected chi connectivity index (χ1v) is 9.71. The molecular weight excluding hydrogens is 292 g/mol. The average Bonchev–Trinajstić information content (AvgIpc) is 2.47. The quantitative estimate of drug-likeness (QED) is 0.745. The predicted molar refractivity (Wildman–Crippen MR) is 80.9 cm³/mol. The number of sulfone groups is 1. The number of rotatable bonds is 4. The Hall–Kier alpha value is -0.660. The second-order valence-electron chi connectivity index (χ2n) is 5.98. The van der Waals surface area contributed by atoms with E-state index in [1.54, 1.807) is 6.92 Å². The fourth-order valence-electron chi connectivity index (χ4n) is 3.42. The number of hydrogen-bond acceptors (Lipinski definition) is 6. The Morgan fingerprint density at radius 2 is 2.14 bits per heavy atom. The van der Waals surface area contributed by atoms with Gasteiger partial charge in [-0.1, -0.05) is 6.42 Å². The molecule has 0 bridgehead atoms. The van der Waals surface area contributed by atoms with Crippen molar-refractivity contribution in [2.45, 2.75) is 49.9 Å². The van der Waals surface area contributed by atoms with Crippen molar-refractivity contribution >= 4 is 15.8 Å². The highest BCUT2D eigenvalue weighted by molar-refractivity contribution is 7.91. The summed E-state index contributed by atoms with van der Waals surface area (Å²) in [7, 11) is -3.00. The van der Waals surface area contributed by atoms with Crippen LogP contribution >= 0.6 is 0 Å². The molecule has 1 heterocycles. The summed E-state index contributed by atoms with van der Waals surface area (Å²) in [6.07, 6.45) is 4.56. The van der Waals surface area contributed by atoms with E-state index >= 15 is 0 Å². The zero-order valence-electron chi connectivity index (χ0n) is 12.9. The fraction of sp³-hybridized carbons (Fsp3) is 0.929. The normalized spacial score (nSPS) is 31.8. The van der Waals surface area contributed by atoms with Crippen molar-refractivity contribution in [1.29, 1.82) is 0 Å². The van der Waals surface area contributed by atoms with E-state index in [2.05, 4.69) is 10.2 Å². The van der Waals surface area contributed by atoms with E-state index < -0.39 is 9.84 Å². The van der Waals surface area contributed by atoms with Gasteiger partial charge in [-0.3, -0.25) is 9.69 Å². The number of nitrogens with one attached hydrogen (secondary N) is 1. The minimum absolute atomic E-state index is 0.162. The molecule has 1 aliphatic carbocycles. The molecule has 1 N–H and O–H groups in total. The minimum atomic E-state index is -3.00. The molecule has 2 rings (SSSR count). The van der Waals surface area contributed by atoms with Crippen LogP contribution in [0.15, 0.2) is 0 Å². The SMILES string of the molecule is CCOC(=O)C1CNCCN1C1CCCC(S(C)(=O)=O)C1. The second-order valence-corrected chi connectivity index (χ2v) is 8.31. The van der Waals surface area contributed by atoms with Crippen molar-refractivity contribution in [2.24, 2.45) is 0 Å². The lowest BCUT2D eigenvalue weighted by Crippen LogP contribution is -2.59. The first-order chi connectivity index (χ1) is 9.93. The molecule has 0 aromatic heterocycles. The summed E-state index contributed by atoms with van der Waals surface area (Å²) in [6, 6.07) is -0.128. The lowest BCUT2D eigenvalue weighted by molar-refractivity contribution is -0.151. The standard InChI is InChI=1S/C14H26N2O4S/c1-3-20-14(17)13-10-15-7-8-16(13)11-5-4-6-12(9-11)21(2,18)19/h11-13,15H,3-10H2,1-2H3. The fourth-order valence-corrected chi connectivity index (χ4v) is 4.59. The molecule has 6 nitrogen and oxygen atoms in total. The summed E-state index contributed by atoms with van der Waals surface area (Å²) < 4.78 is 28.8. The third-order valence-corrected chi connectivity index (χ3v) is 6.16. The van der Waals surface area contributed by atoms with E-state index in [1.165, 1.54) is 6.26 Å². The second kappa shape index (κ2) is 7.07. The van der Waals surface area contributed by atoms with Crippen LogP contribution in [0, 0.1) is 0 Å². The largest absolute Gasteiger partial charge is 0.465 e. The van der Waals surface area contributed by atoms with Gasteiger partial charge in [0.2, 0.25) is 0 Å². The van der Waals surface area contributed by atoms with Gasteiger partial charge in [0.05, 0.1) is 11.9 Å². The molecule has 2 aliphatic rings. The van der Waals surface area contributed by atoms with Gasteiger partial charge in [-0.2, -0.15) is 0 Å². The molecule has 122 valence electrons. The van der Waals surface area contributed by atoms with Crippen molar-refractivity contribution in [1.82, 2.24) is 10.2 Å². The topological polar surface area (TPSA) is 75.7 Å². The van der Waals surface area contributed by atoms with E-state index in [1.807, 2.05) is 0 Å². The van der Waals surface area contributed by atoms with Crippen LogP contribution in [-0.2, 0) is 19.4 Å². The van der Waals surface area contributed by atoms with E-state index in [9.17, 15) is 13.2 Å². The molecule has 1 saturated heterocycles. The monoisotopic (exact) mass is 318 g/mol. The van der Waals surface area contributed by atoms with Gasteiger partial charge in [-0.05, 0) is 26.2 Å². The maximum absolute atomic E-state index is 12.1. The van der Waals surface area contributed by atoms with Gasteiger partial charge >= 0.3 is 5.97 Å². The Morgan fingerprint density at radius 1 is 1.38 bits per heavy atom. The van der Waals surface area contributed by atoms with Gasteiger partial charge in [-0.15, -0.1) is 0 Å². The van der Waals surface area contributed by atoms with Crippen molar-refractivity contribution in [2.75, 3.05) is 32.5 Å². The predicted octanol–water partition coefficient (Wildman–Crippen LogP) is 0.179. The van der Waals surface area contributed by atoms with Gasteiger partial charge < -0.3 is 10.1 Å². The molecule has 21 heavy (non-hydrogen) atoms. The summed E-state index contributed by atoms with van der Waals surface area (Å²) in [6.45, 7) is 4.36. The Morgan fingerprint density at radius 3 is 2.81 bits per heavy atom. The third-order valence-electron chi connectivity index (χ3n) is 4.52. The smallest absolute Gasteiger partial charge is 0.324 e. The number of carbonyl (C=O) groups excluding carboxylic acids is 1. The van der Waals surface area contributed by atoms with Gasteiger partial charge in [-0.25, -0.2) is 8.42 Å². The Labute approximate surface area is 127 Å². The molecular formula is C14H26N2O4S. The van der Waals surface area contributed by atoms with Gasteiger partial charge in [0.1, 0.15) is 15.9 Å². The van der Waals surface area contributed by atoms with Crippen LogP contribution in [-0.4, -0.2) is 69.1 Å². The zero-order chi connectivity index (χ0) is 15.5. The molecule has 0 amide bonds. The van der Waals surface area contributed by atoms with Crippen LogP contribution in [0.4, 0.5) is 0 Å². The number of carbonyl (C=O) groups is 1. The molecule has 0 radical (unpaired) electrons. The van der Waals surface area contributed by atoms with Crippen LogP contribution in [0.25, 0.3) is 0 Å². The van der Waals surface area contributed by atoms with E-state index in [4.69, 9.17) is 4.74 Å². The molecule has 2 fully saturated rings. The number of piperazine rings is 1. The van der Waals surface area contributed by atoms with Crippen LogP contribution in [0.1, 0.15) is 32.6 Å². The van der Waals surface area contributed by atoms with Gasteiger partial charge in [0, 0.05) is 31.9 Å². The Kier molecular flexibility index (Phi) is 5.62. The highest BCUT2D eigenvalue weighted by atomic mass is 32.2. The minimum Gasteiger partial charge on any atom is -0.465 e. The van der Waals surface area contributed by atoms with Crippen molar-refractivity contribution < 1.29 is 17.9 Å². The maximum Gasteiger partial charge on any atom is 0.324 e. The van der Waals surface area contributed by atoms with E-state index in [0.717, 1.165) is 32.4 Å². The summed E-state index contributed by atoms with van der Waals surface area (Å²) in [5.74, 6) is -0.203. The lowest BCUT2D eigenvalue weighted by atomic mass is 9.92. The summed E-state index contributed by atoms with van der Waals surface area (Å²) in [5.41, 5.74) is 0. The summed E-state index contributed by atoms with van der Waals surface area (Å²) in [5, 5.41) is 2.95. The molecule has 3 unspecified atom stereocenters. The zero-order valence-corrected chi connectivity index (χ0v) is 13.7. The molecule has 1 saturated carbocycles. The highest BCUT2D eigenvalue weighted by Gasteiger charge is 2.38. The first-order valence-electron chi connectivity index (χ1n) is 7.75. The lowest BCUT2D eigenvalue weighted by Gasteiger charge is -2.43. The van der Waals surface area contributed by atoms with Crippen molar-refractivity contribution in [3.63, 3.8) is 0 Å². The third kappa shape index (κ3) is 4.17.